The van der Waals surface area contributed by atoms with E-state index in [1.54, 1.807) is 11.3 Å². The number of anilines is 1. The van der Waals surface area contributed by atoms with Gasteiger partial charge in [0.25, 0.3) is 0 Å². The summed E-state index contributed by atoms with van der Waals surface area (Å²) in [4.78, 5) is 19.1. The van der Waals surface area contributed by atoms with E-state index in [1.165, 1.54) is 12.8 Å². The number of hydrogen-bond donors (Lipinski definition) is 0. The van der Waals surface area contributed by atoms with E-state index in [4.69, 9.17) is 0 Å². The van der Waals surface area contributed by atoms with Gasteiger partial charge in [0.2, 0.25) is 0 Å². The van der Waals surface area contributed by atoms with Gasteiger partial charge >= 0.3 is 0 Å². The topological polar surface area (TPSA) is 37.6 Å². The van der Waals surface area contributed by atoms with Crippen LogP contribution in [0.3, 0.4) is 0 Å². The molecule has 0 saturated heterocycles. The average molecular weight is 249 g/mol. The van der Waals surface area contributed by atoms with E-state index in [0.29, 0.717) is 11.7 Å². The Morgan fingerprint density at radius 1 is 1.65 bits per heavy atom. The van der Waals surface area contributed by atoms with Crippen LogP contribution < -0.4 is 4.90 Å². The molecule has 0 atom stereocenters. The maximum Gasteiger partial charge on any atom is 0.196 e. The van der Waals surface area contributed by atoms with Gasteiger partial charge in [-0.2, -0.15) is 0 Å². The summed E-state index contributed by atoms with van der Waals surface area (Å²) in [5.74, 6) is 0.871. The minimum atomic E-state index is 0.596. The second kappa shape index (κ2) is 4.14. The Bertz CT molecular complexity index is 541. The lowest BCUT2D eigenvalue weighted by atomic mass is 10.3. The van der Waals surface area contributed by atoms with Crippen molar-refractivity contribution in [3.05, 3.63) is 17.3 Å². The van der Waals surface area contributed by atoms with Gasteiger partial charge in [0.1, 0.15) is 5.69 Å². The lowest BCUT2D eigenvalue weighted by Crippen LogP contribution is -2.27. The van der Waals surface area contributed by atoms with Crippen molar-refractivity contribution in [2.24, 2.45) is 0 Å². The lowest BCUT2D eigenvalue weighted by Gasteiger charge is -2.21. The van der Waals surface area contributed by atoms with Crippen molar-refractivity contribution in [3.8, 4) is 0 Å². The zero-order chi connectivity index (χ0) is 11.8. The molecular weight excluding hydrogens is 234 g/mol. The number of hydrogen-bond acceptors (Lipinski definition) is 4. The van der Waals surface area contributed by atoms with Crippen LogP contribution in [-0.4, -0.2) is 28.3 Å². The molecule has 90 valence electrons. The summed E-state index contributed by atoms with van der Waals surface area (Å²) in [6, 6.07) is 0.596. The van der Waals surface area contributed by atoms with E-state index in [0.717, 1.165) is 30.0 Å². The molecule has 0 unspecified atom stereocenters. The highest BCUT2D eigenvalue weighted by molar-refractivity contribution is 7.15. The number of thiazole rings is 1. The molecule has 1 aliphatic rings. The molecule has 17 heavy (non-hydrogen) atoms. The lowest BCUT2D eigenvalue weighted by molar-refractivity contribution is 0.111. The maximum atomic E-state index is 11.3. The van der Waals surface area contributed by atoms with Gasteiger partial charge in [-0.1, -0.05) is 6.92 Å². The van der Waals surface area contributed by atoms with Gasteiger partial charge in [0.15, 0.2) is 17.1 Å². The Kier molecular flexibility index (Phi) is 2.63. The van der Waals surface area contributed by atoms with E-state index in [9.17, 15) is 4.79 Å². The Morgan fingerprint density at radius 2 is 2.47 bits per heavy atom. The molecule has 0 spiro atoms. The van der Waals surface area contributed by atoms with Crippen LogP contribution >= 0.6 is 11.3 Å². The van der Waals surface area contributed by atoms with Gasteiger partial charge in [-0.15, -0.1) is 11.3 Å². The fraction of sp³-hybridized carbons (Fsp3) is 0.500. The third kappa shape index (κ3) is 1.74. The first-order valence-electron chi connectivity index (χ1n) is 6.02. The average Bonchev–Trinajstić information content (AvgIpc) is 2.96. The molecule has 1 fully saturated rings. The van der Waals surface area contributed by atoms with Crippen LogP contribution in [0.25, 0.3) is 4.96 Å². The minimum Gasteiger partial charge on any atom is -0.352 e. The first-order valence-corrected chi connectivity index (χ1v) is 6.90. The third-order valence-corrected chi connectivity index (χ3v) is 3.87. The maximum absolute atomic E-state index is 11.3. The minimum absolute atomic E-state index is 0.596. The number of rotatable bonds is 5. The van der Waals surface area contributed by atoms with Gasteiger partial charge in [-0.25, -0.2) is 4.98 Å². The predicted octanol–water partition coefficient (Wildman–Crippen LogP) is 2.59. The quantitative estimate of drug-likeness (QED) is 0.764. The van der Waals surface area contributed by atoms with Gasteiger partial charge in [0, 0.05) is 24.2 Å². The molecule has 0 N–H and O–H groups in total. The number of fused-ring (bicyclic) bond motifs is 1. The molecule has 2 aromatic rings. The molecular formula is C12H15N3OS. The molecule has 2 heterocycles. The number of nitrogens with zero attached hydrogens (tertiary/aromatic N) is 3. The summed E-state index contributed by atoms with van der Waals surface area (Å²) < 4.78 is 1.89. The molecule has 5 heteroatoms. The van der Waals surface area contributed by atoms with Crippen molar-refractivity contribution in [3.63, 3.8) is 0 Å². The molecule has 0 aliphatic heterocycles. The van der Waals surface area contributed by atoms with E-state index in [2.05, 4.69) is 16.8 Å². The Morgan fingerprint density at radius 3 is 3.12 bits per heavy atom. The van der Waals surface area contributed by atoms with Crippen molar-refractivity contribution in [1.29, 1.82) is 0 Å². The van der Waals surface area contributed by atoms with Crippen molar-refractivity contribution >= 4 is 28.4 Å². The highest BCUT2D eigenvalue weighted by Gasteiger charge is 2.32. The highest BCUT2D eigenvalue weighted by atomic mass is 32.1. The standard InChI is InChI=1S/C12H15N3OS/c1-2-5-14(9-3-4-9)11-10(8-16)15-6-7-17-12(15)13-11/h6-9H,2-5H2,1H3. The van der Waals surface area contributed by atoms with Crippen LogP contribution in [0.15, 0.2) is 11.6 Å². The SMILES string of the molecule is CCCN(c1nc2sccn2c1C=O)C1CC1. The summed E-state index contributed by atoms with van der Waals surface area (Å²) in [5, 5.41) is 1.96. The van der Waals surface area contributed by atoms with Crippen LogP contribution in [0.4, 0.5) is 5.82 Å². The van der Waals surface area contributed by atoms with E-state index in [1.807, 2.05) is 16.0 Å². The van der Waals surface area contributed by atoms with Gasteiger partial charge in [-0.3, -0.25) is 9.20 Å². The largest absolute Gasteiger partial charge is 0.352 e. The molecule has 4 nitrogen and oxygen atoms in total. The number of imidazole rings is 1. The summed E-state index contributed by atoms with van der Waals surface area (Å²) in [6.07, 6.45) is 6.37. The smallest absolute Gasteiger partial charge is 0.196 e. The molecule has 1 aliphatic carbocycles. The van der Waals surface area contributed by atoms with Crippen LogP contribution in [-0.2, 0) is 0 Å². The highest BCUT2D eigenvalue weighted by Crippen LogP contribution is 2.33. The fourth-order valence-corrected chi connectivity index (χ4v) is 2.92. The third-order valence-electron chi connectivity index (χ3n) is 3.12. The summed E-state index contributed by atoms with van der Waals surface area (Å²) >= 11 is 1.57. The Balaban J connectivity index is 2.07. The van der Waals surface area contributed by atoms with Crippen LogP contribution in [0.5, 0.6) is 0 Å². The zero-order valence-electron chi connectivity index (χ0n) is 9.80. The number of carbonyl (C=O) groups excluding carboxylic acids is 1. The van der Waals surface area contributed by atoms with Gasteiger partial charge in [-0.05, 0) is 19.3 Å². The molecule has 1 saturated carbocycles. The normalized spacial score (nSPS) is 15.4. The number of carbonyl (C=O) groups is 1. The van der Waals surface area contributed by atoms with E-state index < -0.39 is 0 Å². The number of aromatic nitrogens is 2. The summed E-state index contributed by atoms with van der Waals surface area (Å²) in [7, 11) is 0. The van der Waals surface area contributed by atoms with Crippen molar-refractivity contribution in [2.75, 3.05) is 11.4 Å². The monoisotopic (exact) mass is 249 g/mol. The van der Waals surface area contributed by atoms with E-state index in [-0.39, 0.29) is 0 Å². The second-order valence-electron chi connectivity index (χ2n) is 4.42. The first-order chi connectivity index (χ1) is 8.35. The Labute approximate surface area is 104 Å². The van der Waals surface area contributed by atoms with Crippen LogP contribution in [0.2, 0.25) is 0 Å². The molecule has 2 aromatic heterocycles. The van der Waals surface area contributed by atoms with Gasteiger partial charge < -0.3 is 4.90 Å². The van der Waals surface area contributed by atoms with Gasteiger partial charge in [0.05, 0.1) is 0 Å². The molecule has 0 bridgehead atoms. The van der Waals surface area contributed by atoms with Crippen LogP contribution in [0.1, 0.15) is 36.7 Å². The molecule has 0 amide bonds. The fourth-order valence-electron chi connectivity index (χ4n) is 2.20. The summed E-state index contributed by atoms with van der Waals surface area (Å²) in [5.41, 5.74) is 0.696. The first kappa shape index (κ1) is 10.8. The summed E-state index contributed by atoms with van der Waals surface area (Å²) in [6.45, 7) is 3.14. The molecule has 0 aromatic carbocycles. The number of aldehydes is 1. The molecule has 3 rings (SSSR count). The second-order valence-corrected chi connectivity index (χ2v) is 5.29. The molecule has 0 radical (unpaired) electrons. The van der Waals surface area contributed by atoms with Crippen molar-refractivity contribution in [2.45, 2.75) is 32.2 Å². The van der Waals surface area contributed by atoms with E-state index >= 15 is 0 Å². The van der Waals surface area contributed by atoms with Crippen molar-refractivity contribution < 1.29 is 4.79 Å². The Hall–Kier alpha value is -1.36. The predicted molar refractivity (Wildman–Crippen MR) is 69.1 cm³/mol. The van der Waals surface area contributed by atoms with Crippen molar-refractivity contribution in [1.82, 2.24) is 9.38 Å². The van der Waals surface area contributed by atoms with Crippen LogP contribution in [0, 0.1) is 0 Å². The zero-order valence-corrected chi connectivity index (χ0v) is 10.6.